The van der Waals surface area contributed by atoms with Crippen LogP contribution in [0.1, 0.15) is 23.1 Å². The van der Waals surface area contributed by atoms with Crippen LogP contribution in [-0.2, 0) is 27.4 Å². The number of hydrogen-bond acceptors (Lipinski definition) is 6. The van der Waals surface area contributed by atoms with Crippen molar-refractivity contribution in [3.8, 4) is 5.75 Å². The predicted molar refractivity (Wildman–Crippen MR) is 131 cm³/mol. The summed E-state index contributed by atoms with van der Waals surface area (Å²) in [6, 6.07) is 15.7. The maximum atomic E-state index is 12.9. The maximum absolute atomic E-state index is 12.9. The van der Waals surface area contributed by atoms with Crippen LogP contribution in [0, 0.1) is 6.92 Å². The molecular weight excluding hydrogens is 432 g/mol. The number of rotatable bonds is 11. The van der Waals surface area contributed by atoms with E-state index in [-0.39, 0.29) is 24.5 Å². The summed E-state index contributed by atoms with van der Waals surface area (Å²) in [6.45, 7) is 4.61. The highest BCUT2D eigenvalue weighted by Crippen LogP contribution is 2.27. The first-order chi connectivity index (χ1) is 16.5. The number of hydrogen-bond donors (Lipinski definition) is 2. The number of nitrogens with one attached hydrogen (secondary N) is 1. The van der Waals surface area contributed by atoms with E-state index in [2.05, 4.69) is 35.3 Å². The lowest BCUT2D eigenvalue weighted by Gasteiger charge is -2.30. The third-order valence-electron chi connectivity index (χ3n) is 6.28. The van der Waals surface area contributed by atoms with Crippen LogP contribution in [0.3, 0.4) is 0 Å². The monoisotopic (exact) mass is 468 g/mol. The second-order valence-electron chi connectivity index (χ2n) is 8.65. The topological polar surface area (TPSA) is 97.1 Å². The van der Waals surface area contributed by atoms with Crippen molar-refractivity contribution in [2.75, 3.05) is 40.5 Å². The highest BCUT2D eigenvalue weighted by molar-refractivity contribution is 5.88. The fourth-order valence-corrected chi connectivity index (χ4v) is 4.45. The third kappa shape index (κ3) is 6.56. The molecule has 1 saturated heterocycles. The molecule has 0 saturated carbocycles. The van der Waals surface area contributed by atoms with Crippen LogP contribution in [-0.4, -0.2) is 74.2 Å². The molecule has 2 atom stereocenters. The average molecular weight is 469 g/mol. The van der Waals surface area contributed by atoms with E-state index >= 15 is 0 Å². The van der Waals surface area contributed by atoms with Gasteiger partial charge in [0.25, 0.3) is 0 Å². The van der Waals surface area contributed by atoms with Gasteiger partial charge in [-0.1, -0.05) is 36.4 Å². The molecule has 3 rings (SSSR count). The van der Waals surface area contributed by atoms with E-state index in [1.807, 2.05) is 30.3 Å². The van der Waals surface area contributed by atoms with Crippen LogP contribution in [0.25, 0.3) is 0 Å². The van der Waals surface area contributed by atoms with Crippen LogP contribution in [0.4, 0.5) is 0 Å². The van der Waals surface area contributed by atoms with Crippen molar-refractivity contribution in [3.05, 3.63) is 65.2 Å². The SMILES string of the molecule is COCC(=O)N1CC(N(Cc2cccc(OC)c2)Cc2ccccc2C)CC1C(=O)NCCN. The van der Waals surface area contributed by atoms with Crippen LogP contribution < -0.4 is 15.8 Å². The Morgan fingerprint density at radius 2 is 1.94 bits per heavy atom. The highest BCUT2D eigenvalue weighted by atomic mass is 16.5. The first-order valence-corrected chi connectivity index (χ1v) is 11.6. The summed E-state index contributed by atoms with van der Waals surface area (Å²) >= 11 is 0. The van der Waals surface area contributed by atoms with E-state index in [9.17, 15) is 9.59 Å². The van der Waals surface area contributed by atoms with Gasteiger partial charge in [-0.05, 0) is 42.2 Å². The van der Waals surface area contributed by atoms with Crippen molar-refractivity contribution in [3.63, 3.8) is 0 Å². The molecular formula is C26H36N4O4. The van der Waals surface area contributed by atoms with E-state index in [4.69, 9.17) is 15.2 Å². The van der Waals surface area contributed by atoms with Crippen molar-refractivity contribution in [2.24, 2.45) is 5.73 Å². The Balaban J connectivity index is 1.88. The molecule has 2 unspecified atom stereocenters. The lowest BCUT2D eigenvalue weighted by molar-refractivity contribution is -0.141. The number of likely N-dealkylation sites (tertiary alicyclic amines) is 1. The molecule has 8 heteroatoms. The van der Waals surface area contributed by atoms with Gasteiger partial charge < -0.3 is 25.4 Å². The third-order valence-corrected chi connectivity index (χ3v) is 6.28. The van der Waals surface area contributed by atoms with E-state index in [0.29, 0.717) is 39.1 Å². The molecule has 8 nitrogen and oxygen atoms in total. The average Bonchev–Trinajstić information content (AvgIpc) is 3.29. The molecule has 2 amide bonds. The minimum Gasteiger partial charge on any atom is -0.497 e. The standard InChI is InChI=1S/C26H36N4O4/c1-19-7-4-5-9-21(19)16-29(15-20-8-6-10-23(13-20)34-3)22-14-24(26(32)28-12-11-27)30(17-22)25(31)18-33-2/h4-10,13,22,24H,11-12,14-18,27H2,1-3H3,(H,28,32). The number of nitrogens with zero attached hydrogens (tertiary/aromatic N) is 2. The Kier molecular flexibility index (Phi) is 9.44. The first-order valence-electron chi connectivity index (χ1n) is 11.6. The molecule has 0 aliphatic carbocycles. The maximum Gasteiger partial charge on any atom is 0.249 e. The summed E-state index contributed by atoms with van der Waals surface area (Å²) < 4.78 is 10.5. The van der Waals surface area contributed by atoms with Crippen molar-refractivity contribution in [1.29, 1.82) is 0 Å². The second kappa shape index (κ2) is 12.5. The normalized spacial score (nSPS) is 17.7. The van der Waals surface area contributed by atoms with Crippen molar-refractivity contribution >= 4 is 11.8 Å². The molecule has 0 spiro atoms. The van der Waals surface area contributed by atoms with E-state index in [1.165, 1.54) is 18.2 Å². The number of carbonyl (C=O) groups excluding carboxylic acids is 2. The number of methoxy groups -OCH3 is 2. The Morgan fingerprint density at radius 3 is 2.65 bits per heavy atom. The van der Waals surface area contributed by atoms with Crippen molar-refractivity contribution in [2.45, 2.75) is 38.5 Å². The van der Waals surface area contributed by atoms with E-state index in [0.717, 1.165) is 11.3 Å². The van der Waals surface area contributed by atoms with Gasteiger partial charge in [0.2, 0.25) is 11.8 Å². The van der Waals surface area contributed by atoms with Gasteiger partial charge in [-0.25, -0.2) is 0 Å². The molecule has 1 heterocycles. The van der Waals surface area contributed by atoms with Crippen LogP contribution in [0.2, 0.25) is 0 Å². The molecule has 0 aromatic heterocycles. The van der Waals surface area contributed by atoms with Gasteiger partial charge in [0.1, 0.15) is 18.4 Å². The number of benzene rings is 2. The highest BCUT2D eigenvalue weighted by Gasteiger charge is 2.41. The number of aryl methyl sites for hydroxylation is 1. The fourth-order valence-electron chi connectivity index (χ4n) is 4.45. The number of amides is 2. The Hall–Kier alpha value is -2.94. The molecule has 2 aromatic rings. The smallest absolute Gasteiger partial charge is 0.249 e. The minimum atomic E-state index is -0.552. The number of nitrogens with two attached hydrogens (primary N) is 1. The van der Waals surface area contributed by atoms with Crippen LogP contribution in [0.5, 0.6) is 5.75 Å². The van der Waals surface area contributed by atoms with Gasteiger partial charge in [0, 0.05) is 45.9 Å². The van der Waals surface area contributed by atoms with Crippen molar-refractivity contribution < 1.29 is 19.1 Å². The molecule has 184 valence electrons. The predicted octanol–water partition coefficient (Wildman–Crippen LogP) is 1.70. The molecule has 3 N–H and O–H groups in total. The Morgan fingerprint density at radius 1 is 1.15 bits per heavy atom. The van der Waals surface area contributed by atoms with E-state index in [1.54, 1.807) is 12.0 Å². The second-order valence-corrected chi connectivity index (χ2v) is 8.65. The summed E-state index contributed by atoms with van der Waals surface area (Å²) in [5.74, 6) is 0.445. The minimum absolute atomic E-state index is 0.000222. The lowest BCUT2D eigenvalue weighted by Crippen LogP contribution is -2.48. The first kappa shape index (κ1) is 25.7. The molecule has 1 aliphatic rings. The van der Waals surface area contributed by atoms with E-state index < -0.39 is 6.04 Å². The van der Waals surface area contributed by atoms with Gasteiger partial charge in [0.05, 0.1) is 7.11 Å². The summed E-state index contributed by atoms with van der Waals surface area (Å²) in [6.07, 6.45) is 0.543. The lowest BCUT2D eigenvalue weighted by atomic mass is 10.0. The Bertz CT molecular complexity index is 967. The van der Waals surface area contributed by atoms with Gasteiger partial charge in [-0.2, -0.15) is 0 Å². The molecule has 0 bridgehead atoms. The Labute approximate surface area is 202 Å². The van der Waals surface area contributed by atoms with Crippen LogP contribution in [0.15, 0.2) is 48.5 Å². The zero-order chi connectivity index (χ0) is 24.5. The number of ether oxygens (including phenoxy) is 2. The summed E-state index contributed by atoms with van der Waals surface area (Å²) in [5, 5.41) is 2.85. The van der Waals surface area contributed by atoms with Gasteiger partial charge >= 0.3 is 0 Å². The summed E-state index contributed by atoms with van der Waals surface area (Å²) in [7, 11) is 3.15. The largest absolute Gasteiger partial charge is 0.497 e. The van der Waals surface area contributed by atoms with Gasteiger partial charge in [-0.15, -0.1) is 0 Å². The molecule has 2 aromatic carbocycles. The van der Waals surface area contributed by atoms with Crippen LogP contribution >= 0.6 is 0 Å². The zero-order valence-electron chi connectivity index (χ0n) is 20.3. The molecule has 1 aliphatic heterocycles. The summed E-state index contributed by atoms with van der Waals surface area (Å²) in [5.41, 5.74) is 9.11. The fraction of sp³-hybridized carbons (Fsp3) is 0.462. The molecule has 1 fully saturated rings. The number of carbonyl (C=O) groups is 2. The zero-order valence-corrected chi connectivity index (χ0v) is 20.3. The quantitative estimate of drug-likeness (QED) is 0.521. The van der Waals surface area contributed by atoms with Gasteiger partial charge in [0.15, 0.2) is 0 Å². The molecule has 34 heavy (non-hydrogen) atoms. The summed E-state index contributed by atoms with van der Waals surface area (Å²) in [4.78, 5) is 29.7. The molecule has 0 radical (unpaired) electrons. The van der Waals surface area contributed by atoms with Crippen molar-refractivity contribution in [1.82, 2.24) is 15.1 Å². The van der Waals surface area contributed by atoms with Gasteiger partial charge in [-0.3, -0.25) is 14.5 Å².